The first-order chi connectivity index (χ1) is 12.8. The van der Waals surface area contributed by atoms with Crippen molar-refractivity contribution >= 4 is 5.91 Å². The van der Waals surface area contributed by atoms with Gasteiger partial charge in [0.2, 0.25) is 5.91 Å². The molecule has 0 fully saturated rings. The maximum atomic E-state index is 12.7. The molecule has 0 aromatic heterocycles. The Morgan fingerprint density at radius 2 is 1.85 bits per heavy atom. The second-order valence-corrected chi connectivity index (χ2v) is 6.87. The Hall–Kier alpha value is -2.34. The molecule has 0 aliphatic heterocycles. The molecule has 0 saturated carbocycles. The molecule has 0 N–H and O–H groups in total. The molecule has 1 amide bonds. The van der Waals surface area contributed by atoms with Crippen molar-refractivity contribution in [3.63, 3.8) is 0 Å². The van der Waals surface area contributed by atoms with E-state index in [1.165, 1.54) is 5.56 Å². The van der Waals surface area contributed by atoms with Gasteiger partial charge in [0.25, 0.3) is 0 Å². The van der Waals surface area contributed by atoms with E-state index in [1.807, 2.05) is 55.5 Å². The smallest absolute Gasteiger partial charge is 0.362 e. The van der Waals surface area contributed by atoms with E-state index >= 15 is 0 Å². The largest absolute Gasteiger partial charge is 0.411 e. The number of hydrogen-bond donors (Lipinski definition) is 0. The van der Waals surface area contributed by atoms with Crippen LogP contribution in [-0.4, -0.2) is 30.2 Å². The molecule has 1 atom stereocenters. The van der Waals surface area contributed by atoms with Crippen LogP contribution in [0.25, 0.3) is 0 Å². The fourth-order valence-corrected chi connectivity index (χ4v) is 3.46. The highest BCUT2D eigenvalue weighted by Crippen LogP contribution is 2.36. The highest BCUT2D eigenvalue weighted by molar-refractivity contribution is 5.78. The van der Waals surface area contributed by atoms with Crippen molar-refractivity contribution in [3.8, 4) is 0 Å². The third kappa shape index (κ3) is 5.10. The van der Waals surface area contributed by atoms with E-state index in [0.717, 1.165) is 29.5 Å². The van der Waals surface area contributed by atoms with E-state index in [-0.39, 0.29) is 6.04 Å². The Kier molecular flexibility index (Phi) is 5.85. The third-order valence-electron chi connectivity index (χ3n) is 4.76. The number of nitrogens with zero attached hydrogens (tertiary/aromatic N) is 1. The average Bonchev–Trinajstić information content (AvgIpc) is 3.04. The van der Waals surface area contributed by atoms with Crippen molar-refractivity contribution in [2.45, 2.75) is 38.5 Å². The van der Waals surface area contributed by atoms with E-state index in [1.54, 1.807) is 4.90 Å². The minimum absolute atomic E-state index is 0.149. The lowest BCUT2D eigenvalue weighted by Gasteiger charge is -2.30. The summed E-state index contributed by atoms with van der Waals surface area (Å²) < 4.78 is 41.6. The lowest BCUT2D eigenvalue weighted by Crippen LogP contribution is -2.37. The van der Waals surface area contributed by atoms with Gasteiger partial charge in [0, 0.05) is 6.54 Å². The molecule has 0 spiro atoms. The summed E-state index contributed by atoms with van der Waals surface area (Å²) in [7, 11) is 0. The summed E-state index contributed by atoms with van der Waals surface area (Å²) >= 11 is 0. The minimum Gasteiger partial charge on any atom is -0.362 e. The Labute approximate surface area is 156 Å². The molecular weight excluding hydrogens is 355 g/mol. The summed E-state index contributed by atoms with van der Waals surface area (Å²) in [5, 5.41) is 0. The van der Waals surface area contributed by atoms with Crippen molar-refractivity contribution in [3.05, 3.63) is 70.8 Å². The van der Waals surface area contributed by atoms with Gasteiger partial charge in [-0.05, 0) is 36.5 Å². The van der Waals surface area contributed by atoms with Crippen LogP contribution < -0.4 is 0 Å². The van der Waals surface area contributed by atoms with Crippen LogP contribution in [0.5, 0.6) is 0 Å². The Balaban J connectivity index is 1.78. The van der Waals surface area contributed by atoms with Crippen LogP contribution in [0.2, 0.25) is 0 Å². The standard InChI is InChI=1S/C21H22F3NO2/c1-15-6-8-16(9-7-15)12-25(20(26)13-27-14-21(22,23)24)19-11-10-17-4-2-3-5-18(17)19/h2-9,19H,10-14H2,1H3. The first kappa shape index (κ1) is 19.4. The first-order valence-electron chi connectivity index (χ1n) is 8.91. The normalized spacial score (nSPS) is 16.2. The molecule has 3 nitrogen and oxygen atoms in total. The SMILES string of the molecule is Cc1ccc(CN(C(=O)COCC(F)(F)F)C2CCc3ccccc32)cc1. The molecule has 0 heterocycles. The number of carbonyl (C=O) groups is 1. The van der Waals surface area contributed by atoms with E-state index in [0.29, 0.717) is 6.54 Å². The van der Waals surface area contributed by atoms with Crippen molar-refractivity contribution < 1.29 is 22.7 Å². The highest BCUT2D eigenvalue weighted by atomic mass is 19.4. The topological polar surface area (TPSA) is 29.5 Å². The van der Waals surface area contributed by atoms with Crippen LogP contribution in [0.15, 0.2) is 48.5 Å². The van der Waals surface area contributed by atoms with Crippen LogP contribution in [0.1, 0.15) is 34.7 Å². The number of hydrogen-bond acceptors (Lipinski definition) is 2. The molecule has 0 bridgehead atoms. The van der Waals surface area contributed by atoms with Gasteiger partial charge in [0.1, 0.15) is 13.2 Å². The highest BCUT2D eigenvalue weighted by Gasteiger charge is 2.32. The molecular formula is C21H22F3NO2. The quantitative estimate of drug-likeness (QED) is 0.737. The molecule has 3 rings (SSSR count). The molecule has 1 aliphatic carbocycles. The van der Waals surface area contributed by atoms with E-state index in [4.69, 9.17) is 0 Å². The number of carbonyl (C=O) groups excluding carboxylic acids is 1. The summed E-state index contributed by atoms with van der Waals surface area (Å²) in [5.41, 5.74) is 4.29. The van der Waals surface area contributed by atoms with Crippen LogP contribution in [0.3, 0.4) is 0 Å². The Morgan fingerprint density at radius 1 is 1.15 bits per heavy atom. The van der Waals surface area contributed by atoms with E-state index in [9.17, 15) is 18.0 Å². The van der Waals surface area contributed by atoms with Gasteiger partial charge in [0.05, 0.1) is 6.04 Å². The predicted molar refractivity (Wildman–Crippen MR) is 96.1 cm³/mol. The molecule has 1 aliphatic rings. The summed E-state index contributed by atoms with van der Waals surface area (Å²) in [5.74, 6) is -0.429. The third-order valence-corrected chi connectivity index (χ3v) is 4.76. The van der Waals surface area contributed by atoms with Gasteiger partial charge >= 0.3 is 6.18 Å². The molecule has 2 aromatic rings. The number of benzene rings is 2. The zero-order valence-electron chi connectivity index (χ0n) is 15.1. The number of ether oxygens (including phenoxy) is 1. The number of alkyl halides is 3. The molecule has 0 saturated heterocycles. The van der Waals surface area contributed by atoms with Crippen LogP contribution in [0.4, 0.5) is 13.2 Å². The summed E-state index contributed by atoms with van der Waals surface area (Å²) in [4.78, 5) is 14.4. The van der Waals surface area contributed by atoms with Crippen LogP contribution in [0, 0.1) is 6.92 Å². The molecule has 1 unspecified atom stereocenters. The van der Waals surface area contributed by atoms with Gasteiger partial charge < -0.3 is 9.64 Å². The predicted octanol–water partition coefficient (Wildman–Crippen LogP) is 4.59. The fourth-order valence-electron chi connectivity index (χ4n) is 3.46. The van der Waals surface area contributed by atoms with Crippen molar-refractivity contribution in [1.82, 2.24) is 4.90 Å². The second kappa shape index (κ2) is 8.13. The lowest BCUT2D eigenvalue weighted by molar-refractivity contribution is -0.178. The Morgan fingerprint density at radius 3 is 2.56 bits per heavy atom. The van der Waals surface area contributed by atoms with Gasteiger partial charge in [0.15, 0.2) is 0 Å². The zero-order chi connectivity index (χ0) is 19.4. The number of fused-ring (bicyclic) bond motifs is 1. The molecule has 0 radical (unpaired) electrons. The summed E-state index contributed by atoms with van der Waals surface area (Å²) in [6.07, 6.45) is -2.83. The zero-order valence-corrected chi connectivity index (χ0v) is 15.1. The minimum atomic E-state index is -4.44. The van der Waals surface area contributed by atoms with Gasteiger partial charge in [-0.3, -0.25) is 4.79 Å². The number of rotatable bonds is 6. The monoisotopic (exact) mass is 377 g/mol. The maximum Gasteiger partial charge on any atom is 0.411 e. The van der Waals surface area contributed by atoms with Crippen molar-refractivity contribution in [2.24, 2.45) is 0 Å². The number of aryl methyl sites for hydroxylation is 2. The molecule has 6 heteroatoms. The van der Waals surface area contributed by atoms with Crippen LogP contribution >= 0.6 is 0 Å². The number of halogens is 3. The average molecular weight is 377 g/mol. The van der Waals surface area contributed by atoms with Crippen molar-refractivity contribution in [1.29, 1.82) is 0 Å². The lowest BCUT2D eigenvalue weighted by atomic mass is 10.1. The van der Waals surface area contributed by atoms with E-state index < -0.39 is 25.3 Å². The molecule has 27 heavy (non-hydrogen) atoms. The van der Waals surface area contributed by atoms with Crippen LogP contribution in [-0.2, 0) is 22.5 Å². The van der Waals surface area contributed by atoms with E-state index in [2.05, 4.69) is 4.74 Å². The molecule has 2 aromatic carbocycles. The fraction of sp³-hybridized carbons (Fsp3) is 0.381. The summed E-state index contributed by atoms with van der Waals surface area (Å²) in [6, 6.07) is 15.5. The molecule has 144 valence electrons. The Bertz CT molecular complexity index is 787. The van der Waals surface area contributed by atoms with Gasteiger partial charge in [-0.25, -0.2) is 0 Å². The maximum absolute atomic E-state index is 12.7. The van der Waals surface area contributed by atoms with Gasteiger partial charge in [-0.15, -0.1) is 0 Å². The van der Waals surface area contributed by atoms with Crippen molar-refractivity contribution in [2.75, 3.05) is 13.2 Å². The summed E-state index contributed by atoms with van der Waals surface area (Å²) in [6.45, 7) is 0.320. The van der Waals surface area contributed by atoms with Gasteiger partial charge in [-0.1, -0.05) is 54.1 Å². The second-order valence-electron chi connectivity index (χ2n) is 6.87. The number of amides is 1. The van der Waals surface area contributed by atoms with Gasteiger partial charge in [-0.2, -0.15) is 13.2 Å². The first-order valence-corrected chi connectivity index (χ1v) is 8.91.